The molecule has 0 fully saturated rings. The van der Waals surface area contributed by atoms with Crippen LogP contribution >= 0.6 is 11.3 Å². The number of nitrogens with zero attached hydrogens (tertiary/aromatic N) is 2. The van der Waals surface area contributed by atoms with Crippen LogP contribution in [0.2, 0.25) is 0 Å². The van der Waals surface area contributed by atoms with Gasteiger partial charge >= 0.3 is 0 Å². The number of hydrogen-bond donors (Lipinski definition) is 2. The lowest BCUT2D eigenvalue weighted by atomic mass is 10.3. The molecule has 5 nitrogen and oxygen atoms in total. The predicted molar refractivity (Wildman–Crippen MR) is 58.1 cm³/mol. The van der Waals surface area contributed by atoms with E-state index in [0.717, 1.165) is 11.3 Å². The Balaban J connectivity index is 2.18. The van der Waals surface area contributed by atoms with E-state index in [1.54, 1.807) is 11.7 Å². The second-order valence-corrected chi connectivity index (χ2v) is 4.00. The van der Waals surface area contributed by atoms with Crippen molar-refractivity contribution < 1.29 is 4.79 Å². The molecule has 2 rings (SSSR count). The zero-order valence-corrected chi connectivity index (χ0v) is 9.18. The van der Waals surface area contributed by atoms with E-state index < -0.39 is 0 Å². The molecule has 78 valence electrons. The Kier molecular flexibility index (Phi) is 2.51. The monoisotopic (exact) mass is 222 g/mol. The van der Waals surface area contributed by atoms with Crippen molar-refractivity contribution in [3.8, 4) is 0 Å². The van der Waals surface area contributed by atoms with E-state index in [1.807, 2.05) is 13.8 Å². The van der Waals surface area contributed by atoms with Gasteiger partial charge in [-0.3, -0.25) is 9.89 Å². The van der Waals surface area contributed by atoms with Crippen molar-refractivity contribution in [1.29, 1.82) is 0 Å². The molecule has 0 aliphatic carbocycles. The highest BCUT2D eigenvalue weighted by Crippen LogP contribution is 2.15. The third kappa shape index (κ3) is 1.89. The third-order valence-corrected chi connectivity index (χ3v) is 2.95. The number of amides is 1. The van der Waals surface area contributed by atoms with Gasteiger partial charge in [0.15, 0.2) is 0 Å². The highest BCUT2D eigenvalue weighted by molar-refractivity contribution is 7.12. The highest BCUT2D eigenvalue weighted by Gasteiger charge is 2.13. The van der Waals surface area contributed by atoms with Crippen LogP contribution in [0.25, 0.3) is 0 Å². The zero-order valence-electron chi connectivity index (χ0n) is 8.37. The van der Waals surface area contributed by atoms with Crippen LogP contribution in [0.1, 0.15) is 20.9 Å². The largest absolute Gasteiger partial charge is 0.306 e. The first kappa shape index (κ1) is 9.85. The number of aromatic amines is 1. The van der Waals surface area contributed by atoms with Crippen molar-refractivity contribution in [1.82, 2.24) is 15.2 Å². The second kappa shape index (κ2) is 3.82. The molecule has 0 radical (unpaired) electrons. The average molecular weight is 222 g/mol. The van der Waals surface area contributed by atoms with Gasteiger partial charge in [-0.1, -0.05) is 0 Å². The van der Waals surface area contributed by atoms with Gasteiger partial charge in [0.05, 0.1) is 17.4 Å². The highest BCUT2D eigenvalue weighted by atomic mass is 32.1. The normalized spacial score (nSPS) is 10.3. The Morgan fingerprint density at radius 1 is 1.53 bits per heavy atom. The molecule has 0 aliphatic rings. The van der Waals surface area contributed by atoms with E-state index in [0.29, 0.717) is 10.7 Å². The van der Waals surface area contributed by atoms with E-state index in [2.05, 4.69) is 20.5 Å². The van der Waals surface area contributed by atoms with Crippen LogP contribution in [0.4, 0.5) is 5.82 Å². The van der Waals surface area contributed by atoms with Crippen molar-refractivity contribution in [2.45, 2.75) is 13.8 Å². The number of H-pyrrole nitrogens is 1. The number of aryl methyl sites for hydroxylation is 2. The molecule has 0 saturated heterocycles. The summed E-state index contributed by atoms with van der Waals surface area (Å²) in [5.41, 5.74) is 3.31. The molecule has 0 aliphatic heterocycles. The molecule has 15 heavy (non-hydrogen) atoms. The molecule has 2 aromatic rings. The Labute approximate surface area is 90.6 Å². The van der Waals surface area contributed by atoms with Crippen LogP contribution in [0, 0.1) is 13.8 Å². The van der Waals surface area contributed by atoms with Crippen LogP contribution in [0.3, 0.4) is 0 Å². The van der Waals surface area contributed by atoms with Gasteiger partial charge in [-0.15, -0.1) is 11.3 Å². The third-order valence-electron chi connectivity index (χ3n) is 2.02. The lowest BCUT2D eigenvalue weighted by Gasteiger charge is -2.01. The number of aromatic nitrogens is 3. The second-order valence-electron chi connectivity index (χ2n) is 3.15. The van der Waals surface area contributed by atoms with Gasteiger partial charge in [-0.25, -0.2) is 4.98 Å². The molecule has 0 unspecified atom stereocenters. The van der Waals surface area contributed by atoms with E-state index in [-0.39, 0.29) is 5.91 Å². The molecule has 2 N–H and O–H groups in total. The minimum atomic E-state index is -0.151. The fourth-order valence-electron chi connectivity index (χ4n) is 1.16. The number of rotatable bonds is 2. The first-order valence-corrected chi connectivity index (χ1v) is 5.28. The molecule has 2 heterocycles. The summed E-state index contributed by atoms with van der Waals surface area (Å²) in [6.07, 6.45) is 1.66. The number of anilines is 1. The number of hydrogen-bond acceptors (Lipinski definition) is 4. The minimum absolute atomic E-state index is 0.151. The first-order valence-electron chi connectivity index (χ1n) is 4.40. The summed E-state index contributed by atoms with van der Waals surface area (Å²) in [6.45, 7) is 3.68. The summed E-state index contributed by atoms with van der Waals surface area (Å²) in [6, 6.07) is 0. The summed E-state index contributed by atoms with van der Waals surface area (Å²) in [4.78, 5) is 16.4. The number of carbonyl (C=O) groups excluding carboxylic acids is 1. The van der Waals surface area contributed by atoms with Gasteiger partial charge in [0.1, 0.15) is 10.7 Å². The summed E-state index contributed by atoms with van der Waals surface area (Å²) in [7, 11) is 0. The van der Waals surface area contributed by atoms with Crippen LogP contribution in [-0.4, -0.2) is 21.1 Å². The lowest BCUT2D eigenvalue weighted by Crippen LogP contribution is -2.12. The number of thiazole rings is 1. The molecule has 1 amide bonds. The maximum Gasteiger partial charge on any atom is 0.268 e. The maximum atomic E-state index is 11.8. The molecular weight excluding hydrogens is 212 g/mol. The Morgan fingerprint density at radius 3 is 2.87 bits per heavy atom. The number of carbonyl (C=O) groups is 1. The predicted octanol–water partition coefficient (Wildman–Crippen LogP) is 1.74. The molecular formula is C9H10N4OS. The molecule has 0 bridgehead atoms. The summed E-state index contributed by atoms with van der Waals surface area (Å²) < 4.78 is 0. The van der Waals surface area contributed by atoms with Crippen LogP contribution in [0.5, 0.6) is 0 Å². The van der Waals surface area contributed by atoms with Gasteiger partial charge in [-0.2, -0.15) is 5.10 Å². The molecule has 0 aromatic carbocycles. The Morgan fingerprint density at radius 2 is 2.33 bits per heavy atom. The summed E-state index contributed by atoms with van der Waals surface area (Å²) in [5, 5.41) is 9.29. The van der Waals surface area contributed by atoms with E-state index in [1.165, 1.54) is 11.3 Å². The molecule has 0 atom stereocenters. The van der Waals surface area contributed by atoms with Crippen molar-refractivity contribution in [2.75, 3.05) is 5.32 Å². The van der Waals surface area contributed by atoms with E-state index in [4.69, 9.17) is 0 Å². The lowest BCUT2D eigenvalue weighted by molar-refractivity contribution is 0.102. The van der Waals surface area contributed by atoms with E-state index in [9.17, 15) is 4.79 Å². The molecule has 0 saturated carbocycles. The maximum absolute atomic E-state index is 11.8. The van der Waals surface area contributed by atoms with Gasteiger partial charge < -0.3 is 5.32 Å². The fourth-order valence-corrected chi connectivity index (χ4v) is 1.86. The van der Waals surface area contributed by atoms with Gasteiger partial charge in [0.25, 0.3) is 5.91 Å². The van der Waals surface area contributed by atoms with Crippen molar-refractivity contribution >= 4 is 23.1 Å². The number of nitrogens with one attached hydrogen (secondary N) is 2. The van der Waals surface area contributed by atoms with Crippen LogP contribution in [0.15, 0.2) is 11.7 Å². The Bertz CT molecular complexity index is 488. The molecule has 6 heteroatoms. The SMILES string of the molecule is Cc1cn[nH]c1NC(=O)c1scnc1C. The van der Waals surface area contributed by atoms with Crippen molar-refractivity contribution in [3.05, 3.63) is 27.8 Å². The summed E-state index contributed by atoms with van der Waals surface area (Å²) in [5.74, 6) is 0.482. The molecule has 2 aromatic heterocycles. The fraction of sp³-hybridized carbons (Fsp3) is 0.222. The van der Waals surface area contributed by atoms with Gasteiger partial charge in [0, 0.05) is 5.56 Å². The average Bonchev–Trinajstić information content (AvgIpc) is 2.76. The van der Waals surface area contributed by atoms with Crippen LogP contribution in [-0.2, 0) is 0 Å². The zero-order chi connectivity index (χ0) is 10.8. The van der Waals surface area contributed by atoms with Crippen molar-refractivity contribution in [3.63, 3.8) is 0 Å². The first-order chi connectivity index (χ1) is 7.18. The summed E-state index contributed by atoms with van der Waals surface area (Å²) >= 11 is 1.33. The van der Waals surface area contributed by atoms with Gasteiger partial charge in [-0.05, 0) is 13.8 Å². The topological polar surface area (TPSA) is 70.7 Å². The molecule has 0 spiro atoms. The standard InChI is InChI=1S/C9H10N4OS/c1-5-3-11-13-8(5)12-9(14)7-6(2)10-4-15-7/h3-4H,1-2H3,(H2,11,12,13,14). The van der Waals surface area contributed by atoms with E-state index >= 15 is 0 Å². The van der Waals surface area contributed by atoms with Gasteiger partial charge in [0.2, 0.25) is 0 Å². The minimum Gasteiger partial charge on any atom is -0.306 e. The smallest absolute Gasteiger partial charge is 0.268 e. The van der Waals surface area contributed by atoms with Crippen molar-refractivity contribution in [2.24, 2.45) is 0 Å². The van der Waals surface area contributed by atoms with Crippen LogP contribution < -0.4 is 5.32 Å². The quantitative estimate of drug-likeness (QED) is 0.813. The Hall–Kier alpha value is -1.69.